The van der Waals surface area contributed by atoms with Gasteiger partial charge in [0.25, 0.3) is 0 Å². The van der Waals surface area contributed by atoms with Crippen LogP contribution in [0.25, 0.3) is 11.1 Å². The summed E-state index contributed by atoms with van der Waals surface area (Å²) in [5, 5.41) is 3.36. The van der Waals surface area contributed by atoms with Gasteiger partial charge in [-0.05, 0) is 67.6 Å². The highest BCUT2D eigenvalue weighted by Gasteiger charge is 2.15. The van der Waals surface area contributed by atoms with Crippen molar-refractivity contribution in [2.45, 2.75) is 32.2 Å². The molecule has 0 bridgehead atoms. The van der Waals surface area contributed by atoms with E-state index in [-0.39, 0.29) is 5.54 Å². The van der Waals surface area contributed by atoms with Crippen LogP contribution in [0, 0.1) is 0 Å². The number of H-pyrrole nitrogens is 1. The second kappa shape index (κ2) is 7.06. The van der Waals surface area contributed by atoms with E-state index in [0.717, 1.165) is 12.8 Å². The van der Waals surface area contributed by atoms with E-state index in [1.807, 2.05) is 13.2 Å². The first-order chi connectivity index (χ1) is 11.6. The molecule has 124 valence electrons. The van der Waals surface area contributed by atoms with Crippen LogP contribution in [-0.4, -0.2) is 17.6 Å². The summed E-state index contributed by atoms with van der Waals surface area (Å²) in [4.78, 5) is 3.11. The largest absolute Gasteiger partial charge is 0.367 e. The van der Waals surface area contributed by atoms with Gasteiger partial charge in [0.05, 0.1) is 0 Å². The van der Waals surface area contributed by atoms with E-state index in [4.69, 9.17) is 0 Å². The van der Waals surface area contributed by atoms with E-state index < -0.39 is 0 Å². The Morgan fingerprint density at radius 1 is 0.792 bits per heavy atom. The summed E-state index contributed by atoms with van der Waals surface area (Å²) in [7, 11) is 2.02. The molecule has 0 radical (unpaired) electrons. The zero-order chi connectivity index (χ0) is 17.0. The Bertz CT molecular complexity index is 751. The lowest BCUT2D eigenvalue weighted by Gasteiger charge is -2.24. The Kier molecular flexibility index (Phi) is 4.86. The Morgan fingerprint density at radius 3 is 1.88 bits per heavy atom. The molecule has 1 heterocycles. The minimum atomic E-state index is 0.126. The molecular formula is C22H26N2. The number of aromatic amines is 1. The van der Waals surface area contributed by atoms with Crippen LogP contribution in [-0.2, 0) is 12.8 Å². The molecule has 0 amide bonds. The number of benzene rings is 2. The highest BCUT2D eigenvalue weighted by molar-refractivity contribution is 5.64. The lowest BCUT2D eigenvalue weighted by atomic mass is 9.93. The third-order valence-electron chi connectivity index (χ3n) is 4.63. The average Bonchev–Trinajstić information content (AvgIpc) is 3.09. The van der Waals surface area contributed by atoms with Gasteiger partial charge in [-0.2, -0.15) is 0 Å². The lowest BCUT2D eigenvalue weighted by Crippen LogP contribution is -2.38. The summed E-state index contributed by atoms with van der Waals surface area (Å²) in [6.45, 7) is 4.45. The Labute approximate surface area is 144 Å². The average molecular weight is 318 g/mol. The molecule has 3 aromatic rings. The molecule has 24 heavy (non-hydrogen) atoms. The van der Waals surface area contributed by atoms with Gasteiger partial charge in [-0.3, -0.25) is 0 Å². The third-order valence-corrected chi connectivity index (χ3v) is 4.63. The van der Waals surface area contributed by atoms with Gasteiger partial charge in [-0.25, -0.2) is 0 Å². The third kappa shape index (κ3) is 4.15. The van der Waals surface area contributed by atoms with E-state index in [0.29, 0.717) is 0 Å². The van der Waals surface area contributed by atoms with Gasteiger partial charge in [0.15, 0.2) is 0 Å². The number of likely N-dealkylation sites (N-methyl/N-ethyl adjacent to an activating group) is 1. The maximum absolute atomic E-state index is 3.36. The van der Waals surface area contributed by atoms with Crippen molar-refractivity contribution in [1.29, 1.82) is 0 Å². The fraction of sp³-hybridized carbons (Fsp3) is 0.273. The Balaban J connectivity index is 1.70. The number of hydrogen-bond donors (Lipinski definition) is 2. The van der Waals surface area contributed by atoms with Crippen molar-refractivity contribution in [3.8, 4) is 11.1 Å². The predicted molar refractivity (Wildman–Crippen MR) is 102 cm³/mol. The zero-order valence-corrected chi connectivity index (χ0v) is 14.8. The van der Waals surface area contributed by atoms with Crippen molar-refractivity contribution in [2.75, 3.05) is 7.05 Å². The van der Waals surface area contributed by atoms with Crippen molar-refractivity contribution in [3.05, 3.63) is 83.7 Å². The van der Waals surface area contributed by atoms with Crippen LogP contribution in [0.1, 0.15) is 30.5 Å². The highest BCUT2D eigenvalue weighted by atomic mass is 14.9. The minimum absolute atomic E-state index is 0.126. The smallest absolute Gasteiger partial charge is 0.0162 e. The molecular weight excluding hydrogens is 292 g/mol. The Hall–Kier alpha value is -2.32. The van der Waals surface area contributed by atoms with Gasteiger partial charge in [-0.1, -0.05) is 48.5 Å². The van der Waals surface area contributed by atoms with E-state index in [1.54, 1.807) is 0 Å². The summed E-state index contributed by atoms with van der Waals surface area (Å²) in [6.07, 6.45) is 6.03. The summed E-state index contributed by atoms with van der Waals surface area (Å²) in [5.41, 5.74) is 6.69. The van der Waals surface area contributed by atoms with E-state index in [2.05, 4.69) is 84.9 Å². The second-order valence-corrected chi connectivity index (χ2v) is 7.10. The van der Waals surface area contributed by atoms with E-state index >= 15 is 0 Å². The first-order valence-electron chi connectivity index (χ1n) is 8.54. The zero-order valence-electron chi connectivity index (χ0n) is 14.8. The summed E-state index contributed by atoms with van der Waals surface area (Å²) in [5.74, 6) is 0. The van der Waals surface area contributed by atoms with Crippen LogP contribution in [0.3, 0.4) is 0 Å². The number of aromatic nitrogens is 1. The van der Waals surface area contributed by atoms with Crippen LogP contribution < -0.4 is 5.32 Å². The SMILES string of the molecule is CNC(C)(C)Cc1ccc(-c2ccc(Cc3cc[nH]c3)cc2)cc1. The molecule has 2 aromatic carbocycles. The maximum Gasteiger partial charge on any atom is 0.0162 e. The van der Waals surface area contributed by atoms with Crippen molar-refractivity contribution in [3.63, 3.8) is 0 Å². The van der Waals surface area contributed by atoms with Crippen molar-refractivity contribution >= 4 is 0 Å². The van der Waals surface area contributed by atoms with Gasteiger partial charge in [0.2, 0.25) is 0 Å². The summed E-state index contributed by atoms with van der Waals surface area (Å²) < 4.78 is 0. The topological polar surface area (TPSA) is 27.8 Å². The van der Waals surface area contributed by atoms with Crippen LogP contribution in [0.5, 0.6) is 0 Å². The number of rotatable bonds is 6. The molecule has 1 aromatic heterocycles. The number of hydrogen-bond acceptors (Lipinski definition) is 1. The first kappa shape index (κ1) is 16.5. The van der Waals surface area contributed by atoms with Gasteiger partial charge in [0.1, 0.15) is 0 Å². The molecule has 0 fully saturated rings. The molecule has 0 saturated carbocycles. The van der Waals surface area contributed by atoms with Gasteiger partial charge in [0, 0.05) is 17.9 Å². The monoisotopic (exact) mass is 318 g/mol. The van der Waals surface area contributed by atoms with Crippen LogP contribution in [0.4, 0.5) is 0 Å². The molecule has 2 N–H and O–H groups in total. The second-order valence-electron chi connectivity index (χ2n) is 7.10. The van der Waals surface area contributed by atoms with Crippen LogP contribution in [0.2, 0.25) is 0 Å². The molecule has 0 saturated heterocycles. The van der Waals surface area contributed by atoms with E-state index in [1.165, 1.54) is 27.8 Å². The van der Waals surface area contributed by atoms with Crippen LogP contribution in [0.15, 0.2) is 67.0 Å². The summed E-state index contributed by atoms with van der Waals surface area (Å²) >= 11 is 0. The molecule has 2 heteroatoms. The Morgan fingerprint density at radius 2 is 1.38 bits per heavy atom. The predicted octanol–water partition coefficient (Wildman–Crippen LogP) is 4.81. The van der Waals surface area contributed by atoms with E-state index in [9.17, 15) is 0 Å². The minimum Gasteiger partial charge on any atom is -0.367 e. The summed E-state index contributed by atoms with van der Waals surface area (Å²) in [6, 6.07) is 19.9. The molecule has 3 rings (SSSR count). The van der Waals surface area contributed by atoms with Gasteiger partial charge >= 0.3 is 0 Å². The molecule has 0 atom stereocenters. The normalized spacial score (nSPS) is 11.6. The molecule has 0 spiro atoms. The molecule has 0 aliphatic carbocycles. The van der Waals surface area contributed by atoms with Gasteiger partial charge in [-0.15, -0.1) is 0 Å². The lowest BCUT2D eigenvalue weighted by molar-refractivity contribution is 0.422. The van der Waals surface area contributed by atoms with Crippen molar-refractivity contribution in [2.24, 2.45) is 0 Å². The van der Waals surface area contributed by atoms with Crippen LogP contribution >= 0.6 is 0 Å². The first-order valence-corrected chi connectivity index (χ1v) is 8.54. The fourth-order valence-corrected chi connectivity index (χ4v) is 2.93. The quantitative estimate of drug-likeness (QED) is 0.670. The highest BCUT2D eigenvalue weighted by Crippen LogP contribution is 2.22. The molecule has 0 aliphatic heterocycles. The number of nitrogens with one attached hydrogen (secondary N) is 2. The van der Waals surface area contributed by atoms with Crippen molar-refractivity contribution < 1.29 is 0 Å². The maximum atomic E-state index is 3.36. The molecule has 2 nitrogen and oxygen atoms in total. The van der Waals surface area contributed by atoms with Gasteiger partial charge < -0.3 is 10.3 Å². The standard InChI is InChI=1S/C22H26N2/c1-22(2,23-3)15-18-6-10-21(11-7-18)20-8-4-17(5-9-20)14-19-12-13-24-16-19/h4-13,16,23-24H,14-15H2,1-3H3. The molecule has 0 unspecified atom stereocenters. The molecule has 0 aliphatic rings. The fourth-order valence-electron chi connectivity index (χ4n) is 2.93. The van der Waals surface area contributed by atoms with Crippen molar-refractivity contribution in [1.82, 2.24) is 10.3 Å².